The van der Waals surface area contributed by atoms with E-state index in [1.54, 1.807) is 6.92 Å². The molecule has 0 amide bonds. The molecule has 0 spiro atoms. The highest BCUT2D eigenvalue weighted by molar-refractivity contribution is 6.62. The second-order valence-electron chi connectivity index (χ2n) is 3.87. The Morgan fingerprint density at radius 1 is 1.31 bits per heavy atom. The number of carbonyl (C=O) groups is 2. The fraction of sp³-hybridized carbons (Fsp3) is 0.727. The van der Waals surface area contributed by atoms with Crippen molar-refractivity contribution in [3.8, 4) is 0 Å². The highest BCUT2D eigenvalue weighted by Crippen LogP contribution is 2.24. The minimum atomic E-state index is -0.833. The third-order valence-corrected chi connectivity index (χ3v) is 2.78. The average molecular weight is 224 g/mol. The number of hydrogen-bond acceptors (Lipinski definition) is 3. The summed E-state index contributed by atoms with van der Waals surface area (Å²) in [6.45, 7) is 1.80. The lowest BCUT2D eigenvalue weighted by atomic mass is 9.85. The van der Waals surface area contributed by atoms with E-state index >= 15 is 0 Å². The highest BCUT2D eigenvalue weighted by Gasteiger charge is 2.36. The van der Waals surface area contributed by atoms with Gasteiger partial charge in [0.15, 0.2) is 0 Å². The van der Waals surface area contributed by atoms with Gasteiger partial charge in [-0.2, -0.15) is 4.79 Å². The Kier molecular flexibility index (Phi) is 4.86. The Balaban J connectivity index is 2.69. The lowest BCUT2D eigenvalue weighted by Gasteiger charge is -2.17. The van der Waals surface area contributed by atoms with Crippen molar-refractivity contribution in [3.63, 3.8) is 0 Å². The van der Waals surface area contributed by atoms with Crippen molar-refractivity contribution < 1.29 is 19.1 Å². The van der Waals surface area contributed by atoms with Crippen LogP contribution in [0, 0.1) is 5.92 Å². The first kappa shape index (κ1) is 12.6. The fourth-order valence-corrected chi connectivity index (χ4v) is 1.95. The van der Waals surface area contributed by atoms with Gasteiger partial charge in [-0.3, -0.25) is 4.79 Å². The van der Waals surface area contributed by atoms with Crippen molar-refractivity contribution in [1.82, 2.24) is 0 Å². The third-order valence-electron chi connectivity index (χ3n) is 2.78. The lowest BCUT2D eigenvalue weighted by molar-refractivity contribution is -0.142. The molecule has 0 heterocycles. The van der Waals surface area contributed by atoms with Gasteiger partial charge in [0.1, 0.15) is 0 Å². The SMILES string of the molecule is CCOC(=O)C(=[N+]=[N-])C(=O)C1CCCCC1. The van der Waals surface area contributed by atoms with Crippen molar-refractivity contribution in [1.29, 1.82) is 0 Å². The molecule has 5 heteroatoms. The summed E-state index contributed by atoms with van der Waals surface area (Å²) in [4.78, 5) is 26.0. The van der Waals surface area contributed by atoms with Crippen LogP contribution in [0.1, 0.15) is 39.0 Å². The minimum Gasteiger partial charge on any atom is -0.457 e. The molecule has 0 aromatic rings. The molecule has 0 radical (unpaired) electrons. The van der Waals surface area contributed by atoms with E-state index < -0.39 is 11.7 Å². The van der Waals surface area contributed by atoms with Crippen LogP contribution in [0.25, 0.3) is 5.53 Å². The first-order chi connectivity index (χ1) is 7.70. The van der Waals surface area contributed by atoms with E-state index in [0.29, 0.717) is 0 Å². The smallest absolute Gasteiger partial charge is 0.441 e. The lowest BCUT2D eigenvalue weighted by Crippen LogP contribution is -2.33. The van der Waals surface area contributed by atoms with Gasteiger partial charge in [-0.05, 0) is 19.8 Å². The van der Waals surface area contributed by atoms with Crippen LogP contribution in [0.3, 0.4) is 0 Å². The molecular weight excluding hydrogens is 208 g/mol. The molecule has 1 aliphatic rings. The van der Waals surface area contributed by atoms with Crippen molar-refractivity contribution in [2.24, 2.45) is 5.92 Å². The molecule has 88 valence electrons. The number of ketones is 1. The van der Waals surface area contributed by atoms with Crippen LogP contribution in [0.15, 0.2) is 0 Å². The molecule has 0 N–H and O–H groups in total. The van der Waals surface area contributed by atoms with Crippen molar-refractivity contribution in [3.05, 3.63) is 5.53 Å². The number of rotatable bonds is 4. The Morgan fingerprint density at radius 2 is 1.94 bits per heavy atom. The third kappa shape index (κ3) is 3.00. The Bertz CT molecular complexity index is 326. The molecule has 16 heavy (non-hydrogen) atoms. The van der Waals surface area contributed by atoms with E-state index in [1.165, 1.54) is 0 Å². The van der Waals surface area contributed by atoms with E-state index in [4.69, 9.17) is 5.53 Å². The standard InChI is InChI=1S/C11H16N2O3/c1-2-16-11(15)9(13-12)10(14)8-6-4-3-5-7-8/h8H,2-7H2,1H3. The van der Waals surface area contributed by atoms with Gasteiger partial charge < -0.3 is 10.3 Å². The van der Waals surface area contributed by atoms with Crippen LogP contribution < -0.4 is 0 Å². The average Bonchev–Trinajstić information content (AvgIpc) is 2.31. The monoisotopic (exact) mass is 224 g/mol. The van der Waals surface area contributed by atoms with Crippen molar-refractivity contribution in [2.45, 2.75) is 39.0 Å². The summed E-state index contributed by atoms with van der Waals surface area (Å²) in [6, 6.07) is 0. The normalized spacial score (nSPS) is 16.3. The summed E-state index contributed by atoms with van der Waals surface area (Å²) in [6.07, 6.45) is 4.61. The van der Waals surface area contributed by atoms with E-state index in [0.717, 1.165) is 32.1 Å². The minimum absolute atomic E-state index is 0.162. The molecule has 0 aliphatic heterocycles. The van der Waals surface area contributed by atoms with Gasteiger partial charge in [-0.1, -0.05) is 19.3 Å². The van der Waals surface area contributed by atoms with Crippen LogP contribution in [-0.4, -0.2) is 28.9 Å². The van der Waals surface area contributed by atoms with Gasteiger partial charge >= 0.3 is 11.7 Å². The molecule has 0 aromatic heterocycles. The predicted octanol–water partition coefficient (Wildman–Crippen LogP) is 1.37. The molecule has 0 bridgehead atoms. The maximum absolute atomic E-state index is 11.9. The zero-order valence-electron chi connectivity index (χ0n) is 9.44. The summed E-state index contributed by atoms with van der Waals surface area (Å²) >= 11 is 0. The second kappa shape index (κ2) is 6.18. The van der Waals surface area contributed by atoms with Crippen LogP contribution in [0.5, 0.6) is 0 Å². The fourth-order valence-electron chi connectivity index (χ4n) is 1.95. The number of carbonyl (C=O) groups excluding carboxylic acids is 2. The van der Waals surface area contributed by atoms with Crippen molar-refractivity contribution in [2.75, 3.05) is 6.61 Å². The molecule has 0 unspecified atom stereocenters. The topological polar surface area (TPSA) is 79.8 Å². The first-order valence-corrected chi connectivity index (χ1v) is 5.64. The molecule has 5 nitrogen and oxygen atoms in total. The maximum atomic E-state index is 11.9. The second-order valence-corrected chi connectivity index (χ2v) is 3.87. The van der Waals surface area contributed by atoms with Crippen LogP contribution in [0.2, 0.25) is 0 Å². The Morgan fingerprint density at radius 3 is 2.44 bits per heavy atom. The molecule has 1 rings (SSSR count). The number of nitrogens with zero attached hydrogens (tertiary/aromatic N) is 2. The molecule has 0 aromatic carbocycles. The van der Waals surface area contributed by atoms with Crippen molar-refractivity contribution >= 4 is 17.5 Å². The zero-order chi connectivity index (χ0) is 12.0. The number of esters is 1. The van der Waals surface area contributed by atoms with Crippen LogP contribution in [0.4, 0.5) is 0 Å². The van der Waals surface area contributed by atoms with Gasteiger partial charge in [-0.25, -0.2) is 4.79 Å². The molecule has 1 aliphatic carbocycles. The molecule has 1 fully saturated rings. The summed E-state index contributed by atoms with van der Waals surface area (Å²) in [7, 11) is 0. The van der Waals surface area contributed by atoms with Gasteiger partial charge in [-0.15, -0.1) is 0 Å². The molecule has 0 atom stereocenters. The summed E-state index contributed by atoms with van der Waals surface area (Å²) in [5, 5.41) is 0. The zero-order valence-corrected chi connectivity index (χ0v) is 9.44. The van der Waals surface area contributed by atoms with E-state index in [-0.39, 0.29) is 18.3 Å². The molecule has 1 saturated carbocycles. The van der Waals surface area contributed by atoms with Gasteiger partial charge in [0.2, 0.25) is 0 Å². The summed E-state index contributed by atoms with van der Waals surface area (Å²) < 4.78 is 4.66. The Hall–Kier alpha value is -1.48. The Labute approximate surface area is 94.4 Å². The van der Waals surface area contributed by atoms with Gasteiger partial charge in [0.25, 0.3) is 5.78 Å². The molecule has 0 saturated heterocycles. The number of ether oxygens (including phenoxy) is 1. The van der Waals surface area contributed by atoms with E-state index in [9.17, 15) is 9.59 Å². The van der Waals surface area contributed by atoms with E-state index in [1.807, 2.05) is 0 Å². The summed E-state index contributed by atoms with van der Waals surface area (Å²) in [5.41, 5.74) is 8.23. The van der Waals surface area contributed by atoms with Gasteiger partial charge in [0.05, 0.1) is 6.61 Å². The van der Waals surface area contributed by atoms with Gasteiger partial charge in [0, 0.05) is 5.92 Å². The number of Topliss-reactive ketones (excluding diaryl/α,β-unsaturated/α-hetero) is 1. The number of hydrogen-bond donors (Lipinski definition) is 0. The van der Waals surface area contributed by atoms with Crippen LogP contribution in [-0.2, 0) is 14.3 Å². The first-order valence-electron chi connectivity index (χ1n) is 5.64. The largest absolute Gasteiger partial charge is 0.457 e. The molecular formula is C11H16N2O3. The van der Waals surface area contributed by atoms with Crippen LogP contribution >= 0.6 is 0 Å². The highest BCUT2D eigenvalue weighted by atomic mass is 16.5. The quantitative estimate of drug-likeness (QED) is 0.238. The summed E-state index contributed by atoms with van der Waals surface area (Å²) in [5.74, 6) is -1.41. The maximum Gasteiger partial charge on any atom is 0.441 e. The van der Waals surface area contributed by atoms with E-state index in [2.05, 4.69) is 9.53 Å². The predicted molar refractivity (Wildman–Crippen MR) is 56.8 cm³/mol.